The molecule has 4 nitrogen and oxygen atoms in total. The second-order valence-corrected chi connectivity index (χ2v) is 4.77. The second-order valence-electron chi connectivity index (χ2n) is 4.77. The van der Waals surface area contributed by atoms with E-state index >= 15 is 0 Å². The van der Waals surface area contributed by atoms with Crippen molar-refractivity contribution in [3.05, 3.63) is 29.6 Å². The highest BCUT2D eigenvalue weighted by Crippen LogP contribution is 2.18. The van der Waals surface area contributed by atoms with Crippen LogP contribution in [0.2, 0.25) is 0 Å². The van der Waals surface area contributed by atoms with Gasteiger partial charge in [-0.15, -0.1) is 0 Å². The number of halogens is 1. The van der Waals surface area contributed by atoms with Crippen molar-refractivity contribution in [2.75, 3.05) is 19.7 Å². The smallest absolute Gasteiger partial charge is 0.166 e. The quantitative estimate of drug-likeness (QED) is 0.788. The van der Waals surface area contributed by atoms with Crippen molar-refractivity contribution in [2.45, 2.75) is 20.0 Å². The number of benzene rings is 1. The van der Waals surface area contributed by atoms with Gasteiger partial charge in [0.05, 0.1) is 11.6 Å². The number of hydrogen-bond acceptors (Lipinski definition) is 4. The molecule has 0 radical (unpaired) electrons. The highest BCUT2D eigenvalue weighted by molar-refractivity contribution is 5.35. The van der Waals surface area contributed by atoms with E-state index in [9.17, 15) is 9.50 Å². The number of hydrogen-bond donors (Lipinski definition) is 2. The molecule has 0 aromatic heterocycles. The van der Waals surface area contributed by atoms with Crippen LogP contribution in [0.1, 0.15) is 19.4 Å². The summed E-state index contributed by atoms with van der Waals surface area (Å²) in [6, 6.07) is 5.82. The fourth-order valence-corrected chi connectivity index (χ4v) is 1.47. The van der Waals surface area contributed by atoms with Crippen LogP contribution < -0.4 is 10.1 Å². The number of ether oxygens (including phenoxy) is 1. The van der Waals surface area contributed by atoms with Crippen molar-refractivity contribution >= 4 is 0 Å². The van der Waals surface area contributed by atoms with Gasteiger partial charge in [0.1, 0.15) is 12.7 Å². The van der Waals surface area contributed by atoms with Gasteiger partial charge < -0.3 is 15.2 Å². The minimum absolute atomic E-state index is 0.00785. The van der Waals surface area contributed by atoms with Crippen molar-refractivity contribution in [3.63, 3.8) is 0 Å². The zero-order valence-corrected chi connectivity index (χ0v) is 11.2. The monoisotopic (exact) mass is 266 g/mol. The van der Waals surface area contributed by atoms with E-state index < -0.39 is 11.9 Å². The molecule has 0 saturated heterocycles. The van der Waals surface area contributed by atoms with E-state index in [2.05, 4.69) is 19.2 Å². The number of nitriles is 1. The largest absolute Gasteiger partial charge is 0.488 e. The summed E-state index contributed by atoms with van der Waals surface area (Å²) >= 11 is 0. The molecule has 0 heterocycles. The molecule has 0 saturated carbocycles. The van der Waals surface area contributed by atoms with Crippen LogP contribution in [0.5, 0.6) is 5.75 Å². The summed E-state index contributed by atoms with van der Waals surface area (Å²) < 4.78 is 18.7. The Bertz CT molecular complexity index is 444. The van der Waals surface area contributed by atoms with Crippen molar-refractivity contribution in [1.29, 1.82) is 5.26 Å². The topological polar surface area (TPSA) is 65.3 Å². The van der Waals surface area contributed by atoms with E-state index in [-0.39, 0.29) is 17.9 Å². The van der Waals surface area contributed by atoms with Gasteiger partial charge in [-0.1, -0.05) is 13.8 Å². The lowest BCUT2D eigenvalue weighted by Crippen LogP contribution is -2.33. The van der Waals surface area contributed by atoms with E-state index in [1.54, 1.807) is 0 Å². The standard InChI is InChI=1S/C14H19FN2O2/c1-10(2)7-17-8-12(18)9-19-14-4-3-11(6-16)5-13(14)15/h3-5,10,12,17-18H,7-9H2,1-2H3. The Morgan fingerprint density at radius 3 is 2.74 bits per heavy atom. The summed E-state index contributed by atoms with van der Waals surface area (Å²) in [5.74, 6) is -0.0487. The van der Waals surface area contributed by atoms with Gasteiger partial charge in [-0.3, -0.25) is 0 Å². The zero-order chi connectivity index (χ0) is 14.3. The lowest BCUT2D eigenvalue weighted by atomic mass is 10.2. The first kappa shape index (κ1) is 15.4. The Morgan fingerprint density at radius 2 is 2.16 bits per heavy atom. The van der Waals surface area contributed by atoms with Crippen LogP contribution in [0.25, 0.3) is 0 Å². The minimum atomic E-state index is -0.700. The third kappa shape index (κ3) is 5.69. The molecule has 0 aliphatic rings. The van der Waals surface area contributed by atoms with Crippen LogP contribution in [-0.2, 0) is 0 Å². The molecule has 104 valence electrons. The van der Waals surface area contributed by atoms with Gasteiger partial charge in [-0.25, -0.2) is 4.39 Å². The molecule has 0 aliphatic heterocycles. The molecule has 0 fully saturated rings. The molecule has 0 amide bonds. The van der Waals surface area contributed by atoms with Crippen molar-refractivity contribution in [3.8, 4) is 11.8 Å². The Labute approximate surface area is 112 Å². The fraction of sp³-hybridized carbons (Fsp3) is 0.500. The van der Waals surface area contributed by atoms with Crippen LogP contribution in [0.15, 0.2) is 18.2 Å². The molecule has 19 heavy (non-hydrogen) atoms. The molecule has 1 aromatic rings. The third-order valence-corrected chi connectivity index (χ3v) is 2.42. The maximum Gasteiger partial charge on any atom is 0.166 e. The highest BCUT2D eigenvalue weighted by atomic mass is 19.1. The Kier molecular flexibility index (Phi) is 6.26. The molecular weight excluding hydrogens is 247 g/mol. The first-order valence-corrected chi connectivity index (χ1v) is 6.24. The molecule has 0 aliphatic carbocycles. The van der Waals surface area contributed by atoms with Gasteiger partial charge in [-0.05, 0) is 30.7 Å². The minimum Gasteiger partial charge on any atom is -0.488 e. The van der Waals surface area contributed by atoms with Crippen molar-refractivity contribution < 1.29 is 14.2 Å². The predicted octanol–water partition coefficient (Wildman–Crippen LogP) is 1.68. The molecule has 1 atom stereocenters. The SMILES string of the molecule is CC(C)CNCC(O)COc1ccc(C#N)cc1F. The van der Waals surface area contributed by atoms with Crippen LogP contribution in [0.3, 0.4) is 0 Å². The average Bonchev–Trinajstić information content (AvgIpc) is 2.36. The molecule has 1 rings (SSSR count). The van der Waals surface area contributed by atoms with E-state index in [1.165, 1.54) is 12.1 Å². The van der Waals surface area contributed by atoms with Gasteiger partial charge in [0.25, 0.3) is 0 Å². The lowest BCUT2D eigenvalue weighted by Gasteiger charge is -2.14. The maximum atomic E-state index is 13.5. The van der Waals surface area contributed by atoms with E-state index in [1.807, 2.05) is 6.07 Å². The Hall–Kier alpha value is -1.64. The van der Waals surface area contributed by atoms with Crippen LogP contribution in [0.4, 0.5) is 4.39 Å². The Balaban J connectivity index is 2.38. The first-order chi connectivity index (χ1) is 9.02. The number of aliphatic hydroxyl groups is 1. The van der Waals surface area contributed by atoms with Gasteiger partial charge in [0.2, 0.25) is 0 Å². The number of aliphatic hydroxyl groups excluding tert-OH is 1. The zero-order valence-electron chi connectivity index (χ0n) is 11.2. The molecular formula is C14H19FN2O2. The first-order valence-electron chi connectivity index (χ1n) is 6.24. The molecule has 0 spiro atoms. The Morgan fingerprint density at radius 1 is 1.42 bits per heavy atom. The van der Waals surface area contributed by atoms with Crippen molar-refractivity contribution in [2.24, 2.45) is 5.92 Å². The van der Waals surface area contributed by atoms with Crippen LogP contribution in [0, 0.1) is 23.1 Å². The van der Waals surface area contributed by atoms with Gasteiger partial charge in [0, 0.05) is 6.54 Å². The summed E-state index contributed by atoms with van der Waals surface area (Å²) in [6.07, 6.45) is -0.700. The molecule has 2 N–H and O–H groups in total. The predicted molar refractivity (Wildman–Crippen MR) is 70.3 cm³/mol. The van der Waals surface area contributed by atoms with Crippen LogP contribution in [-0.4, -0.2) is 30.9 Å². The van der Waals surface area contributed by atoms with E-state index in [0.29, 0.717) is 12.5 Å². The summed E-state index contributed by atoms with van der Waals surface area (Å²) in [6.45, 7) is 5.36. The van der Waals surface area contributed by atoms with E-state index in [4.69, 9.17) is 10.00 Å². The third-order valence-electron chi connectivity index (χ3n) is 2.42. The summed E-state index contributed by atoms with van der Waals surface area (Å²) in [5, 5.41) is 21.3. The van der Waals surface area contributed by atoms with E-state index in [0.717, 1.165) is 12.6 Å². The summed E-state index contributed by atoms with van der Waals surface area (Å²) in [4.78, 5) is 0. The van der Waals surface area contributed by atoms with Gasteiger partial charge >= 0.3 is 0 Å². The second kappa shape index (κ2) is 7.72. The number of rotatable bonds is 7. The lowest BCUT2D eigenvalue weighted by molar-refractivity contribution is 0.103. The molecule has 0 bridgehead atoms. The fourth-order valence-electron chi connectivity index (χ4n) is 1.47. The average molecular weight is 266 g/mol. The normalized spacial score (nSPS) is 12.2. The molecule has 5 heteroatoms. The highest BCUT2D eigenvalue weighted by Gasteiger charge is 2.09. The summed E-state index contributed by atoms with van der Waals surface area (Å²) in [5.41, 5.74) is 0.240. The van der Waals surface area contributed by atoms with Crippen LogP contribution >= 0.6 is 0 Å². The maximum absolute atomic E-state index is 13.5. The van der Waals surface area contributed by atoms with Gasteiger partial charge in [-0.2, -0.15) is 5.26 Å². The summed E-state index contributed by atoms with van der Waals surface area (Å²) in [7, 11) is 0. The van der Waals surface area contributed by atoms with Crippen molar-refractivity contribution in [1.82, 2.24) is 5.32 Å². The molecule has 1 unspecified atom stereocenters. The number of nitrogens with zero attached hydrogens (tertiary/aromatic N) is 1. The molecule has 1 aromatic carbocycles. The number of nitrogens with one attached hydrogen (secondary N) is 1. The van der Waals surface area contributed by atoms with Gasteiger partial charge in [0.15, 0.2) is 11.6 Å².